The van der Waals surface area contributed by atoms with Gasteiger partial charge in [-0.15, -0.1) is 0 Å². The van der Waals surface area contributed by atoms with Crippen LogP contribution in [0.2, 0.25) is 0 Å². The lowest BCUT2D eigenvalue weighted by Crippen LogP contribution is -2.17. The monoisotopic (exact) mass is 195 g/mol. The van der Waals surface area contributed by atoms with Gasteiger partial charge >= 0.3 is 0 Å². The van der Waals surface area contributed by atoms with Crippen LogP contribution in [-0.2, 0) is 4.79 Å². The van der Waals surface area contributed by atoms with Crippen LogP contribution in [-0.4, -0.2) is 19.9 Å². The number of carbonyl (C=O) groups is 1. The summed E-state index contributed by atoms with van der Waals surface area (Å²) in [7, 11) is 0. The van der Waals surface area contributed by atoms with E-state index in [1.807, 2.05) is 6.79 Å². The van der Waals surface area contributed by atoms with E-state index >= 15 is 0 Å². The van der Waals surface area contributed by atoms with Crippen LogP contribution in [0.4, 0.5) is 0 Å². The van der Waals surface area contributed by atoms with Gasteiger partial charge in [-0.3, -0.25) is 0 Å². The maximum Gasteiger partial charge on any atom is 0.106 e. The highest BCUT2D eigenvalue weighted by atomic mass is 16.1. The highest BCUT2D eigenvalue weighted by Crippen LogP contribution is 2.05. The standard InChI is InChI=1S/C11H17N.CH2O.H2/c1-2-9-12-10-11-7-5-3-4-6-8-11;1-2;/h3-7,12H,2,8-10H2,1H3;1H2;1H. The van der Waals surface area contributed by atoms with Gasteiger partial charge in [0.15, 0.2) is 0 Å². The van der Waals surface area contributed by atoms with Crippen molar-refractivity contribution in [2.45, 2.75) is 19.8 Å². The highest BCUT2D eigenvalue weighted by Gasteiger charge is 1.94. The van der Waals surface area contributed by atoms with E-state index in [9.17, 15) is 0 Å². The zero-order valence-electron chi connectivity index (χ0n) is 8.83. The Morgan fingerprint density at radius 1 is 1.43 bits per heavy atom. The van der Waals surface area contributed by atoms with Crippen molar-refractivity contribution in [2.75, 3.05) is 13.1 Å². The first kappa shape index (κ1) is 12.8. The van der Waals surface area contributed by atoms with Crippen molar-refractivity contribution in [1.29, 1.82) is 0 Å². The lowest BCUT2D eigenvalue weighted by Gasteiger charge is -2.04. The SMILES string of the molecule is C=O.CCCNCC1=CC=CC=CC1.[HH]. The van der Waals surface area contributed by atoms with E-state index in [-0.39, 0.29) is 1.43 Å². The van der Waals surface area contributed by atoms with Crippen LogP contribution in [0.15, 0.2) is 36.0 Å². The molecule has 0 aromatic heterocycles. The molecule has 0 aliphatic heterocycles. The molecule has 0 bridgehead atoms. The summed E-state index contributed by atoms with van der Waals surface area (Å²) in [6, 6.07) is 0. The first-order valence-corrected chi connectivity index (χ1v) is 4.94. The maximum absolute atomic E-state index is 8.00. The van der Waals surface area contributed by atoms with E-state index in [2.05, 4.69) is 42.6 Å². The first-order valence-electron chi connectivity index (χ1n) is 4.94. The van der Waals surface area contributed by atoms with E-state index < -0.39 is 0 Å². The summed E-state index contributed by atoms with van der Waals surface area (Å²) in [5.41, 5.74) is 1.47. The fourth-order valence-electron chi connectivity index (χ4n) is 1.18. The Bertz CT molecular complexity index is 222. The topological polar surface area (TPSA) is 29.1 Å². The summed E-state index contributed by atoms with van der Waals surface area (Å²) in [4.78, 5) is 8.00. The summed E-state index contributed by atoms with van der Waals surface area (Å²) in [6.07, 6.45) is 13.0. The fourth-order valence-corrected chi connectivity index (χ4v) is 1.18. The molecular weight excluding hydrogens is 174 g/mol. The van der Waals surface area contributed by atoms with Crippen molar-refractivity contribution in [1.82, 2.24) is 5.32 Å². The molecule has 0 saturated heterocycles. The van der Waals surface area contributed by atoms with Crippen LogP contribution < -0.4 is 5.32 Å². The van der Waals surface area contributed by atoms with E-state index in [1.165, 1.54) is 12.0 Å². The molecule has 0 aromatic rings. The van der Waals surface area contributed by atoms with Gasteiger partial charge < -0.3 is 10.1 Å². The molecule has 1 rings (SSSR count). The number of carbonyl (C=O) groups excluding carboxylic acids is 1. The molecule has 2 heteroatoms. The Morgan fingerprint density at radius 2 is 2.21 bits per heavy atom. The third-order valence-corrected chi connectivity index (χ3v) is 1.85. The third-order valence-electron chi connectivity index (χ3n) is 1.85. The van der Waals surface area contributed by atoms with Crippen LogP contribution >= 0.6 is 0 Å². The molecule has 0 amide bonds. The average Bonchev–Trinajstić information content (AvgIpc) is 2.50. The van der Waals surface area contributed by atoms with Crippen LogP contribution in [0.3, 0.4) is 0 Å². The fraction of sp³-hybridized carbons (Fsp3) is 0.417. The molecule has 1 aliphatic rings. The minimum atomic E-state index is 0. The van der Waals surface area contributed by atoms with Gasteiger partial charge in [0.05, 0.1) is 0 Å². The average molecular weight is 195 g/mol. The van der Waals surface area contributed by atoms with Crippen molar-refractivity contribution in [3.63, 3.8) is 0 Å². The molecule has 0 heterocycles. The second-order valence-electron chi connectivity index (χ2n) is 3.02. The zero-order valence-corrected chi connectivity index (χ0v) is 8.83. The van der Waals surface area contributed by atoms with Gasteiger partial charge in [0, 0.05) is 7.97 Å². The van der Waals surface area contributed by atoms with E-state index in [0.717, 1.165) is 19.5 Å². The minimum Gasteiger partial charge on any atom is -0.313 e. The summed E-state index contributed by atoms with van der Waals surface area (Å²) in [6.45, 7) is 6.33. The Kier molecular flexibility index (Phi) is 9.12. The van der Waals surface area contributed by atoms with Gasteiger partial charge in [-0.2, -0.15) is 0 Å². The Hall–Kier alpha value is -1.15. The first-order chi connectivity index (χ1) is 6.93. The smallest absolute Gasteiger partial charge is 0.106 e. The number of hydrogen-bond acceptors (Lipinski definition) is 2. The van der Waals surface area contributed by atoms with Crippen LogP contribution in [0.1, 0.15) is 21.2 Å². The third kappa shape index (κ3) is 6.38. The van der Waals surface area contributed by atoms with E-state index in [0.29, 0.717) is 0 Å². The number of nitrogens with one attached hydrogen (secondary N) is 1. The minimum absolute atomic E-state index is 0. The predicted octanol–water partition coefficient (Wildman–Crippen LogP) is 2.49. The molecule has 14 heavy (non-hydrogen) atoms. The molecular formula is C12H21NO. The number of hydrogen-bond donors (Lipinski definition) is 1. The van der Waals surface area contributed by atoms with Crippen molar-refractivity contribution in [3.8, 4) is 0 Å². The Labute approximate surface area is 87.9 Å². The number of rotatable bonds is 4. The lowest BCUT2D eigenvalue weighted by molar-refractivity contribution is -0.0979. The molecule has 0 atom stereocenters. The zero-order chi connectivity index (χ0) is 10.6. The van der Waals surface area contributed by atoms with Gasteiger partial charge in [-0.25, -0.2) is 0 Å². The summed E-state index contributed by atoms with van der Waals surface area (Å²) < 4.78 is 0. The Balaban J connectivity index is 0. The van der Waals surface area contributed by atoms with E-state index in [1.54, 1.807) is 0 Å². The normalized spacial score (nSPS) is 13.9. The quantitative estimate of drug-likeness (QED) is 0.698. The Morgan fingerprint density at radius 3 is 2.93 bits per heavy atom. The number of allylic oxidation sites excluding steroid dienone is 5. The van der Waals surface area contributed by atoms with Gasteiger partial charge in [-0.1, -0.05) is 42.9 Å². The molecule has 0 fully saturated rings. The highest BCUT2D eigenvalue weighted by molar-refractivity contribution is 5.23. The van der Waals surface area contributed by atoms with Crippen LogP contribution in [0.5, 0.6) is 0 Å². The molecule has 0 aromatic carbocycles. The summed E-state index contributed by atoms with van der Waals surface area (Å²) >= 11 is 0. The molecule has 0 unspecified atom stereocenters. The predicted molar refractivity (Wildman–Crippen MR) is 63.4 cm³/mol. The molecule has 2 nitrogen and oxygen atoms in total. The summed E-state index contributed by atoms with van der Waals surface area (Å²) in [5, 5.41) is 3.40. The van der Waals surface area contributed by atoms with Crippen molar-refractivity contribution in [2.24, 2.45) is 0 Å². The molecule has 0 saturated carbocycles. The van der Waals surface area contributed by atoms with Crippen LogP contribution in [0, 0.1) is 0 Å². The lowest BCUT2D eigenvalue weighted by atomic mass is 10.2. The molecule has 0 spiro atoms. The van der Waals surface area contributed by atoms with E-state index in [4.69, 9.17) is 4.79 Å². The maximum atomic E-state index is 8.00. The second kappa shape index (κ2) is 9.93. The summed E-state index contributed by atoms with van der Waals surface area (Å²) in [5.74, 6) is 0. The van der Waals surface area contributed by atoms with Crippen molar-refractivity contribution < 1.29 is 6.22 Å². The molecule has 0 radical (unpaired) electrons. The van der Waals surface area contributed by atoms with Crippen molar-refractivity contribution in [3.05, 3.63) is 36.0 Å². The largest absolute Gasteiger partial charge is 0.313 e. The molecule has 1 N–H and O–H groups in total. The van der Waals surface area contributed by atoms with Gasteiger partial charge in [-0.05, 0) is 19.4 Å². The van der Waals surface area contributed by atoms with Crippen LogP contribution in [0.25, 0.3) is 0 Å². The molecule has 1 aliphatic carbocycles. The van der Waals surface area contributed by atoms with Gasteiger partial charge in [0.25, 0.3) is 0 Å². The second-order valence-corrected chi connectivity index (χ2v) is 3.02. The van der Waals surface area contributed by atoms with Gasteiger partial charge in [0.1, 0.15) is 6.79 Å². The molecule has 80 valence electrons. The van der Waals surface area contributed by atoms with Gasteiger partial charge in [0.2, 0.25) is 0 Å². The van der Waals surface area contributed by atoms with Crippen molar-refractivity contribution >= 4 is 6.79 Å².